The number of nitrogens with zero attached hydrogens (tertiary/aromatic N) is 3. The molecule has 1 saturated heterocycles. The van der Waals surface area contributed by atoms with Crippen molar-refractivity contribution < 1.29 is 9.13 Å². The van der Waals surface area contributed by atoms with E-state index in [-0.39, 0.29) is 11.9 Å². The Morgan fingerprint density at radius 1 is 1.09 bits per heavy atom. The van der Waals surface area contributed by atoms with Crippen LogP contribution in [-0.2, 0) is 11.3 Å². The number of rotatable bonds is 7. The summed E-state index contributed by atoms with van der Waals surface area (Å²) in [4.78, 5) is 11.7. The molecule has 0 aliphatic carbocycles. The molecule has 0 spiro atoms. The van der Waals surface area contributed by atoms with E-state index in [1.807, 2.05) is 43.5 Å². The van der Waals surface area contributed by atoms with E-state index in [1.165, 1.54) is 12.1 Å². The van der Waals surface area contributed by atoms with Crippen LogP contribution in [0.2, 0.25) is 0 Å². The lowest BCUT2D eigenvalue weighted by molar-refractivity contribution is 0.0170. The lowest BCUT2D eigenvalue weighted by Gasteiger charge is -2.35. The van der Waals surface area contributed by atoms with E-state index < -0.39 is 0 Å². The summed E-state index contributed by atoms with van der Waals surface area (Å²) < 4.78 is 19.0. The molecule has 168 valence electrons. The molecule has 1 aromatic heterocycles. The summed E-state index contributed by atoms with van der Waals surface area (Å²) in [5.74, 6) is 0.516. The number of benzene rings is 2. The van der Waals surface area contributed by atoms with Crippen molar-refractivity contribution in [3.63, 3.8) is 0 Å². The van der Waals surface area contributed by atoms with E-state index in [0.29, 0.717) is 26.3 Å². The van der Waals surface area contributed by atoms with Crippen molar-refractivity contribution in [1.29, 1.82) is 0 Å². The molecule has 0 radical (unpaired) electrons. The minimum absolute atomic E-state index is 0.0963. The van der Waals surface area contributed by atoms with Crippen LogP contribution in [-0.4, -0.2) is 55.2 Å². The summed E-state index contributed by atoms with van der Waals surface area (Å²) in [6.45, 7) is 7.04. The van der Waals surface area contributed by atoms with Gasteiger partial charge in [0.1, 0.15) is 5.82 Å². The van der Waals surface area contributed by atoms with Crippen LogP contribution in [0.1, 0.15) is 24.2 Å². The van der Waals surface area contributed by atoms with Gasteiger partial charge in [-0.25, -0.2) is 9.38 Å². The highest BCUT2D eigenvalue weighted by Crippen LogP contribution is 2.22. The number of hydrogen-bond donors (Lipinski definition) is 2. The summed E-state index contributed by atoms with van der Waals surface area (Å²) in [5, 5.41) is 9.09. The fourth-order valence-corrected chi connectivity index (χ4v) is 4.03. The molecular formula is C25H30FN5O. The third-order valence-corrected chi connectivity index (χ3v) is 5.69. The molecule has 3 aromatic rings. The van der Waals surface area contributed by atoms with Gasteiger partial charge in [-0.2, -0.15) is 0 Å². The van der Waals surface area contributed by atoms with Gasteiger partial charge < -0.3 is 15.4 Å². The smallest absolute Gasteiger partial charge is 0.191 e. The average molecular weight is 436 g/mol. The summed E-state index contributed by atoms with van der Waals surface area (Å²) in [7, 11) is 0. The van der Waals surface area contributed by atoms with E-state index >= 15 is 0 Å². The summed E-state index contributed by atoms with van der Waals surface area (Å²) >= 11 is 0. The Labute approximate surface area is 188 Å². The van der Waals surface area contributed by atoms with Gasteiger partial charge in [0.15, 0.2) is 5.96 Å². The van der Waals surface area contributed by atoms with Gasteiger partial charge in [-0.05, 0) is 36.1 Å². The van der Waals surface area contributed by atoms with E-state index in [4.69, 9.17) is 9.73 Å². The highest BCUT2D eigenvalue weighted by Gasteiger charge is 2.23. The lowest BCUT2D eigenvalue weighted by atomic mass is 10.0. The fourth-order valence-electron chi connectivity index (χ4n) is 4.03. The first kappa shape index (κ1) is 22.2. The second-order valence-corrected chi connectivity index (χ2v) is 7.77. The standard InChI is InChI=1S/C25H30FN5O/c1-2-27-25(29-17-23-22-6-4-3-5-19(22)11-12-28-23)30-18-24(31-13-15-32-16-14-31)20-7-9-21(26)10-8-20/h3-12,24H,2,13-18H2,1H3,(H2,27,29,30). The van der Waals surface area contributed by atoms with Crippen LogP contribution >= 0.6 is 0 Å². The minimum Gasteiger partial charge on any atom is -0.379 e. The maximum absolute atomic E-state index is 13.5. The Hall–Kier alpha value is -3.03. The fraction of sp³-hybridized carbons (Fsp3) is 0.360. The number of morpholine rings is 1. The zero-order valence-electron chi connectivity index (χ0n) is 18.4. The second kappa shape index (κ2) is 11.0. The van der Waals surface area contributed by atoms with Gasteiger partial charge in [0.25, 0.3) is 0 Å². The number of aromatic nitrogens is 1. The average Bonchev–Trinajstić information content (AvgIpc) is 2.84. The molecule has 6 nitrogen and oxygen atoms in total. The van der Waals surface area contributed by atoms with Crippen molar-refractivity contribution in [2.75, 3.05) is 39.4 Å². The molecule has 1 aliphatic rings. The number of halogens is 1. The number of hydrogen-bond acceptors (Lipinski definition) is 4. The molecule has 0 bridgehead atoms. The van der Waals surface area contributed by atoms with E-state index in [1.54, 1.807) is 0 Å². The van der Waals surface area contributed by atoms with Crippen LogP contribution in [0.5, 0.6) is 0 Å². The van der Waals surface area contributed by atoms with E-state index in [0.717, 1.165) is 47.6 Å². The van der Waals surface area contributed by atoms with Crippen molar-refractivity contribution >= 4 is 16.7 Å². The Balaban J connectivity index is 1.50. The largest absolute Gasteiger partial charge is 0.379 e. The summed E-state index contributed by atoms with van der Waals surface area (Å²) in [5.41, 5.74) is 2.02. The molecule has 1 atom stereocenters. The number of aliphatic imine (C=N–C) groups is 1. The molecule has 2 heterocycles. The van der Waals surface area contributed by atoms with Gasteiger partial charge in [-0.15, -0.1) is 0 Å². The van der Waals surface area contributed by atoms with Crippen molar-refractivity contribution in [3.8, 4) is 0 Å². The van der Waals surface area contributed by atoms with Gasteiger partial charge in [0, 0.05) is 37.8 Å². The van der Waals surface area contributed by atoms with Crippen LogP contribution in [0.4, 0.5) is 4.39 Å². The second-order valence-electron chi connectivity index (χ2n) is 7.77. The minimum atomic E-state index is -0.222. The Morgan fingerprint density at radius 2 is 1.88 bits per heavy atom. The maximum Gasteiger partial charge on any atom is 0.191 e. The molecule has 0 amide bonds. The predicted octanol–water partition coefficient (Wildman–Crippen LogP) is 3.50. The van der Waals surface area contributed by atoms with Crippen LogP contribution in [0.25, 0.3) is 10.8 Å². The van der Waals surface area contributed by atoms with Gasteiger partial charge in [-0.3, -0.25) is 9.88 Å². The maximum atomic E-state index is 13.5. The Morgan fingerprint density at radius 3 is 2.66 bits per heavy atom. The molecule has 2 N–H and O–H groups in total. The van der Waals surface area contributed by atoms with Crippen molar-refractivity contribution in [1.82, 2.24) is 20.5 Å². The summed E-state index contributed by atoms with van der Waals surface area (Å²) in [6, 6.07) is 17.1. The Kier molecular flexibility index (Phi) is 7.64. The monoisotopic (exact) mass is 435 g/mol. The molecule has 4 rings (SSSR count). The predicted molar refractivity (Wildman–Crippen MR) is 126 cm³/mol. The molecule has 1 fully saturated rings. The third kappa shape index (κ3) is 5.60. The van der Waals surface area contributed by atoms with Gasteiger partial charge >= 0.3 is 0 Å². The van der Waals surface area contributed by atoms with Gasteiger partial charge in [-0.1, -0.05) is 36.4 Å². The first-order chi connectivity index (χ1) is 15.7. The van der Waals surface area contributed by atoms with Crippen LogP contribution < -0.4 is 10.6 Å². The molecule has 32 heavy (non-hydrogen) atoms. The highest BCUT2D eigenvalue weighted by atomic mass is 19.1. The van der Waals surface area contributed by atoms with Crippen LogP contribution in [0.15, 0.2) is 65.8 Å². The molecule has 1 unspecified atom stereocenters. The number of pyridine rings is 1. The molecule has 0 saturated carbocycles. The van der Waals surface area contributed by atoms with E-state index in [9.17, 15) is 4.39 Å². The molecular weight excluding hydrogens is 405 g/mol. The van der Waals surface area contributed by atoms with Crippen molar-refractivity contribution in [2.24, 2.45) is 4.99 Å². The number of ether oxygens (including phenoxy) is 1. The van der Waals surface area contributed by atoms with Crippen LogP contribution in [0, 0.1) is 5.82 Å². The number of fused-ring (bicyclic) bond motifs is 1. The third-order valence-electron chi connectivity index (χ3n) is 5.69. The number of guanidine groups is 1. The normalized spacial score (nSPS) is 16.1. The SMILES string of the molecule is CCNC(=NCc1nccc2ccccc12)NCC(c1ccc(F)cc1)N1CCOCC1. The highest BCUT2D eigenvalue weighted by molar-refractivity contribution is 5.85. The first-order valence-corrected chi connectivity index (χ1v) is 11.2. The molecule has 1 aliphatic heterocycles. The quantitative estimate of drug-likeness (QED) is 0.439. The van der Waals surface area contributed by atoms with Crippen molar-refractivity contribution in [2.45, 2.75) is 19.5 Å². The van der Waals surface area contributed by atoms with Crippen LogP contribution in [0.3, 0.4) is 0 Å². The zero-order valence-corrected chi connectivity index (χ0v) is 18.4. The molecule has 2 aromatic carbocycles. The Bertz CT molecular complexity index is 1030. The van der Waals surface area contributed by atoms with E-state index in [2.05, 4.69) is 32.7 Å². The number of nitrogens with one attached hydrogen (secondary N) is 2. The molecule has 7 heteroatoms. The van der Waals surface area contributed by atoms with Crippen molar-refractivity contribution in [3.05, 3.63) is 77.9 Å². The summed E-state index contributed by atoms with van der Waals surface area (Å²) in [6.07, 6.45) is 1.83. The lowest BCUT2D eigenvalue weighted by Crippen LogP contribution is -2.46. The van der Waals surface area contributed by atoms with Gasteiger partial charge in [0.05, 0.1) is 31.5 Å². The topological polar surface area (TPSA) is 61.8 Å². The first-order valence-electron chi connectivity index (χ1n) is 11.2. The van der Waals surface area contributed by atoms with Gasteiger partial charge in [0.2, 0.25) is 0 Å². The zero-order chi connectivity index (χ0) is 22.2.